The summed E-state index contributed by atoms with van der Waals surface area (Å²) in [6.45, 7) is 3.97. The van der Waals surface area contributed by atoms with Gasteiger partial charge in [-0.05, 0) is 24.8 Å². The van der Waals surface area contributed by atoms with E-state index in [-0.39, 0.29) is 29.3 Å². The number of nitrogens with one attached hydrogen (secondary N) is 1. The first kappa shape index (κ1) is 18.0. The Morgan fingerprint density at radius 1 is 1.14 bits per heavy atom. The quantitative estimate of drug-likeness (QED) is 0.870. The topological polar surface area (TPSA) is 15.3 Å². The highest BCUT2D eigenvalue weighted by atomic mass is 35.5. The van der Waals surface area contributed by atoms with Gasteiger partial charge in [-0.25, -0.2) is 4.39 Å². The van der Waals surface area contributed by atoms with Gasteiger partial charge in [0.1, 0.15) is 5.82 Å². The van der Waals surface area contributed by atoms with Crippen LogP contribution in [0.5, 0.6) is 0 Å². The number of halogens is 3. The van der Waals surface area contributed by atoms with Crippen molar-refractivity contribution in [1.29, 1.82) is 0 Å². The van der Waals surface area contributed by atoms with Gasteiger partial charge in [0.15, 0.2) is 0 Å². The van der Waals surface area contributed by atoms with Crippen LogP contribution in [0.4, 0.5) is 4.39 Å². The van der Waals surface area contributed by atoms with Crippen molar-refractivity contribution in [2.24, 2.45) is 5.92 Å². The van der Waals surface area contributed by atoms with Gasteiger partial charge < -0.3 is 5.32 Å². The number of hydrogen-bond donors (Lipinski definition) is 1. The molecule has 2 aliphatic rings. The molecule has 1 N–H and O–H groups in total. The van der Waals surface area contributed by atoms with E-state index in [0.29, 0.717) is 5.92 Å². The van der Waals surface area contributed by atoms with Crippen molar-refractivity contribution in [3.63, 3.8) is 0 Å². The molecule has 1 saturated carbocycles. The molecule has 0 bridgehead atoms. The minimum absolute atomic E-state index is 0. The highest BCUT2D eigenvalue weighted by Crippen LogP contribution is 2.40. The van der Waals surface area contributed by atoms with Gasteiger partial charge in [-0.3, -0.25) is 4.90 Å². The van der Waals surface area contributed by atoms with Gasteiger partial charge in [0, 0.05) is 37.8 Å². The normalized spacial score (nSPS) is 22.1. The van der Waals surface area contributed by atoms with Crippen molar-refractivity contribution in [2.45, 2.75) is 38.1 Å². The molecule has 3 rings (SSSR count). The average molecular weight is 347 g/mol. The highest BCUT2D eigenvalue weighted by Gasteiger charge is 2.32. The van der Waals surface area contributed by atoms with Crippen LogP contribution in [-0.2, 0) is 0 Å². The fourth-order valence-electron chi connectivity index (χ4n) is 3.91. The molecular weight excluding hydrogens is 322 g/mol. The Morgan fingerprint density at radius 3 is 2.50 bits per heavy atom. The van der Waals surface area contributed by atoms with Gasteiger partial charge in [0.25, 0.3) is 0 Å². The number of benzene rings is 1. The summed E-state index contributed by atoms with van der Waals surface area (Å²) in [7, 11) is 0. The van der Waals surface area contributed by atoms with Crippen LogP contribution >= 0.6 is 24.0 Å². The third-order valence-electron chi connectivity index (χ3n) is 4.94. The first-order valence-electron chi connectivity index (χ1n) is 8.16. The third-order valence-corrected chi connectivity index (χ3v) is 5.23. The molecule has 2 fully saturated rings. The second-order valence-electron chi connectivity index (χ2n) is 6.27. The van der Waals surface area contributed by atoms with E-state index in [4.69, 9.17) is 11.6 Å². The molecule has 0 unspecified atom stereocenters. The van der Waals surface area contributed by atoms with Crippen LogP contribution in [0.2, 0.25) is 5.02 Å². The van der Waals surface area contributed by atoms with E-state index < -0.39 is 0 Å². The maximum atomic E-state index is 14.6. The summed E-state index contributed by atoms with van der Waals surface area (Å²) in [5.74, 6) is 0.345. The molecule has 1 aliphatic carbocycles. The van der Waals surface area contributed by atoms with E-state index in [1.54, 1.807) is 6.07 Å². The molecule has 124 valence electrons. The van der Waals surface area contributed by atoms with Gasteiger partial charge in [-0.1, -0.05) is 43.0 Å². The number of piperazine rings is 1. The van der Waals surface area contributed by atoms with E-state index in [1.807, 2.05) is 12.1 Å². The van der Waals surface area contributed by atoms with Crippen LogP contribution in [0.15, 0.2) is 18.2 Å². The van der Waals surface area contributed by atoms with Crippen molar-refractivity contribution in [3.05, 3.63) is 34.6 Å². The lowest BCUT2D eigenvalue weighted by molar-refractivity contribution is 0.101. The van der Waals surface area contributed by atoms with E-state index in [1.165, 1.54) is 32.1 Å². The maximum Gasteiger partial charge on any atom is 0.146 e. The third kappa shape index (κ3) is 3.94. The SMILES string of the molecule is Cl.Fc1c(Cl)cccc1[C@@H](C1CCCCC1)N1CCNCC1. The van der Waals surface area contributed by atoms with Crippen LogP contribution in [0.25, 0.3) is 0 Å². The predicted octanol–water partition coefficient (Wildman–Crippen LogP) is 4.43. The fourth-order valence-corrected chi connectivity index (χ4v) is 4.09. The molecule has 1 aliphatic heterocycles. The Balaban J connectivity index is 0.00000176. The van der Waals surface area contributed by atoms with Crippen LogP contribution in [0.1, 0.15) is 43.7 Å². The minimum Gasteiger partial charge on any atom is -0.314 e. The standard InChI is InChI=1S/C17H24ClFN2.ClH/c18-15-8-4-7-14(16(15)19)17(13-5-2-1-3-6-13)21-11-9-20-10-12-21;/h4,7-8,13,17,20H,1-3,5-6,9-12H2;1H/t17-;/m1./s1. The largest absolute Gasteiger partial charge is 0.314 e. The van der Waals surface area contributed by atoms with E-state index in [2.05, 4.69) is 10.2 Å². The molecule has 0 radical (unpaired) electrons. The van der Waals surface area contributed by atoms with Crippen molar-refractivity contribution in [2.75, 3.05) is 26.2 Å². The molecular formula is C17H25Cl2FN2. The molecule has 1 aromatic carbocycles. The smallest absolute Gasteiger partial charge is 0.146 e. The Bertz CT molecular complexity index is 454. The van der Waals surface area contributed by atoms with Crippen molar-refractivity contribution < 1.29 is 4.39 Å². The first-order chi connectivity index (χ1) is 10.3. The van der Waals surface area contributed by atoms with E-state index >= 15 is 0 Å². The molecule has 2 nitrogen and oxygen atoms in total. The number of rotatable bonds is 3. The lowest BCUT2D eigenvalue weighted by Crippen LogP contribution is -2.47. The summed E-state index contributed by atoms with van der Waals surface area (Å²) in [5, 5.41) is 3.64. The Hall–Kier alpha value is -0.350. The van der Waals surface area contributed by atoms with Crippen LogP contribution in [0, 0.1) is 11.7 Å². The van der Waals surface area contributed by atoms with Crippen molar-refractivity contribution in [3.8, 4) is 0 Å². The van der Waals surface area contributed by atoms with Crippen molar-refractivity contribution in [1.82, 2.24) is 10.2 Å². The maximum absolute atomic E-state index is 14.6. The Labute approximate surface area is 143 Å². The number of hydrogen-bond acceptors (Lipinski definition) is 2. The first-order valence-corrected chi connectivity index (χ1v) is 8.54. The summed E-state index contributed by atoms with van der Waals surface area (Å²) in [5.41, 5.74) is 0.802. The zero-order valence-corrected chi connectivity index (χ0v) is 14.4. The van der Waals surface area contributed by atoms with Crippen LogP contribution < -0.4 is 5.32 Å². The van der Waals surface area contributed by atoms with Crippen LogP contribution in [0.3, 0.4) is 0 Å². The zero-order valence-electron chi connectivity index (χ0n) is 12.9. The zero-order chi connectivity index (χ0) is 14.7. The minimum atomic E-state index is -0.215. The lowest BCUT2D eigenvalue weighted by atomic mass is 9.80. The van der Waals surface area contributed by atoms with Gasteiger partial charge >= 0.3 is 0 Å². The van der Waals surface area contributed by atoms with Crippen LogP contribution in [-0.4, -0.2) is 31.1 Å². The summed E-state index contributed by atoms with van der Waals surface area (Å²) in [6, 6.07) is 5.66. The summed E-state index contributed by atoms with van der Waals surface area (Å²) in [6.07, 6.45) is 6.29. The predicted molar refractivity (Wildman–Crippen MR) is 92.4 cm³/mol. The molecule has 0 amide bonds. The average Bonchev–Trinajstić information content (AvgIpc) is 2.54. The summed E-state index contributed by atoms with van der Waals surface area (Å²) < 4.78 is 14.6. The van der Waals surface area contributed by atoms with E-state index in [0.717, 1.165) is 31.7 Å². The lowest BCUT2D eigenvalue weighted by Gasteiger charge is -2.41. The van der Waals surface area contributed by atoms with Gasteiger partial charge in [-0.2, -0.15) is 0 Å². The highest BCUT2D eigenvalue weighted by molar-refractivity contribution is 6.30. The molecule has 0 spiro atoms. The fraction of sp³-hybridized carbons (Fsp3) is 0.647. The van der Waals surface area contributed by atoms with Crippen molar-refractivity contribution >= 4 is 24.0 Å². The Kier molecular flexibility index (Phi) is 6.94. The molecule has 22 heavy (non-hydrogen) atoms. The molecule has 0 aromatic heterocycles. The summed E-state index contributed by atoms with van der Waals surface area (Å²) >= 11 is 6.03. The van der Waals surface area contributed by atoms with Gasteiger partial charge in [-0.15, -0.1) is 12.4 Å². The van der Waals surface area contributed by atoms with Gasteiger partial charge in [0.05, 0.1) is 5.02 Å². The molecule has 1 atom stereocenters. The molecule has 1 heterocycles. The van der Waals surface area contributed by atoms with E-state index in [9.17, 15) is 4.39 Å². The monoisotopic (exact) mass is 346 g/mol. The summed E-state index contributed by atoms with van der Waals surface area (Å²) in [4.78, 5) is 2.46. The van der Waals surface area contributed by atoms with Gasteiger partial charge in [0.2, 0.25) is 0 Å². The molecule has 1 saturated heterocycles. The Morgan fingerprint density at radius 2 is 1.82 bits per heavy atom. The molecule has 1 aromatic rings. The molecule has 5 heteroatoms. The second-order valence-corrected chi connectivity index (χ2v) is 6.68. The number of nitrogens with zero attached hydrogens (tertiary/aromatic N) is 1. The second kappa shape index (κ2) is 8.49.